The van der Waals surface area contributed by atoms with E-state index >= 15 is 0 Å². The zero-order valence-corrected chi connectivity index (χ0v) is 12.0. The van der Waals surface area contributed by atoms with Crippen LogP contribution in [-0.4, -0.2) is 0 Å². The molecular formula is C15H14Cl2FN. The molecule has 1 nitrogen and oxygen atoms in total. The normalized spacial score (nSPS) is 12.4. The monoisotopic (exact) mass is 297 g/mol. The molecule has 2 aromatic carbocycles. The van der Waals surface area contributed by atoms with Crippen LogP contribution in [0.2, 0.25) is 10.0 Å². The summed E-state index contributed by atoms with van der Waals surface area (Å²) >= 11 is 11.7. The average molecular weight is 298 g/mol. The van der Waals surface area contributed by atoms with Gasteiger partial charge in [0, 0.05) is 28.2 Å². The Kier molecular flexibility index (Phi) is 4.81. The van der Waals surface area contributed by atoms with Crippen molar-refractivity contribution < 1.29 is 4.39 Å². The van der Waals surface area contributed by atoms with Crippen molar-refractivity contribution in [3.05, 3.63) is 69.5 Å². The maximum absolute atomic E-state index is 13.6. The van der Waals surface area contributed by atoms with Gasteiger partial charge in [0.15, 0.2) is 0 Å². The van der Waals surface area contributed by atoms with Gasteiger partial charge in [-0.15, -0.1) is 0 Å². The third-order valence-corrected chi connectivity index (χ3v) is 3.43. The highest BCUT2D eigenvalue weighted by Gasteiger charge is 2.07. The lowest BCUT2D eigenvalue weighted by atomic mass is 10.1. The first-order valence-corrected chi connectivity index (χ1v) is 6.74. The fraction of sp³-hybridized carbons (Fsp3) is 0.200. The van der Waals surface area contributed by atoms with Gasteiger partial charge in [-0.2, -0.15) is 0 Å². The van der Waals surface area contributed by atoms with E-state index in [2.05, 4.69) is 5.32 Å². The second kappa shape index (κ2) is 6.38. The summed E-state index contributed by atoms with van der Waals surface area (Å²) in [6.45, 7) is 2.45. The van der Waals surface area contributed by atoms with Gasteiger partial charge in [0.25, 0.3) is 0 Å². The third kappa shape index (κ3) is 3.93. The van der Waals surface area contributed by atoms with Crippen molar-refractivity contribution in [3.63, 3.8) is 0 Å². The highest BCUT2D eigenvalue weighted by molar-refractivity contribution is 6.30. The Labute approximate surface area is 122 Å². The minimum absolute atomic E-state index is 0.0915. The largest absolute Gasteiger partial charge is 0.306 e. The van der Waals surface area contributed by atoms with Crippen molar-refractivity contribution in [1.29, 1.82) is 0 Å². The number of rotatable bonds is 4. The van der Waals surface area contributed by atoms with Crippen LogP contribution in [0.5, 0.6) is 0 Å². The Balaban J connectivity index is 2.02. The van der Waals surface area contributed by atoms with Gasteiger partial charge in [-0.1, -0.05) is 41.4 Å². The van der Waals surface area contributed by atoms with E-state index in [1.807, 2.05) is 31.2 Å². The van der Waals surface area contributed by atoms with Crippen molar-refractivity contribution >= 4 is 23.2 Å². The third-order valence-electron chi connectivity index (χ3n) is 2.96. The van der Waals surface area contributed by atoms with Crippen LogP contribution in [0.1, 0.15) is 24.1 Å². The summed E-state index contributed by atoms with van der Waals surface area (Å²) in [6.07, 6.45) is 0. The summed E-state index contributed by atoms with van der Waals surface area (Å²) in [6, 6.07) is 12.4. The van der Waals surface area contributed by atoms with Crippen molar-refractivity contribution in [3.8, 4) is 0 Å². The molecule has 100 valence electrons. The molecule has 0 aliphatic carbocycles. The predicted octanol–water partition coefficient (Wildman–Crippen LogP) is 4.98. The van der Waals surface area contributed by atoms with Gasteiger partial charge >= 0.3 is 0 Å². The SMILES string of the molecule is C[C@@H](NCc1ccc(Cl)cc1F)c1cccc(Cl)c1. The number of halogens is 3. The maximum atomic E-state index is 13.6. The summed E-state index contributed by atoms with van der Waals surface area (Å²) in [5.41, 5.74) is 1.67. The van der Waals surface area contributed by atoms with Crippen LogP contribution in [0, 0.1) is 5.82 Å². The first-order valence-electron chi connectivity index (χ1n) is 5.99. The lowest BCUT2D eigenvalue weighted by Crippen LogP contribution is -2.18. The lowest BCUT2D eigenvalue weighted by molar-refractivity contribution is 0.544. The summed E-state index contributed by atoms with van der Waals surface area (Å²) in [5, 5.41) is 4.37. The molecule has 2 rings (SSSR count). The molecule has 2 aromatic rings. The second-order valence-electron chi connectivity index (χ2n) is 4.39. The molecule has 19 heavy (non-hydrogen) atoms. The van der Waals surface area contributed by atoms with Crippen LogP contribution in [0.15, 0.2) is 42.5 Å². The van der Waals surface area contributed by atoms with Crippen LogP contribution >= 0.6 is 23.2 Å². The molecule has 0 aliphatic rings. The molecular weight excluding hydrogens is 284 g/mol. The molecule has 0 saturated carbocycles. The quantitative estimate of drug-likeness (QED) is 0.839. The van der Waals surface area contributed by atoms with E-state index in [4.69, 9.17) is 23.2 Å². The van der Waals surface area contributed by atoms with Crippen molar-refractivity contribution in [2.45, 2.75) is 19.5 Å². The predicted molar refractivity (Wildman–Crippen MR) is 78.1 cm³/mol. The van der Waals surface area contributed by atoms with E-state index < -0.39 is 0 Å². The van der Waals surface area contributed by atoms with Gasteiger partial charge in [0.1, 0.15) is 5.82 Å². The van der Waals surface area contributed by atoms with Crippen LogP contribution in [0.3, 0.4) is 0 Å². The molecule has 0 fully saturated rings. The minimum atomic E-state index is -0.293. The first-order chi connectivity index (χ1) is 9.06. The number of nitrogens with one attached hydrogen (secondary N) is 1. The molecule has 0 radical (unpaired) electrons. The molecule has 4 heteroatoms. The maximum Gasteiger partial charge on any atom is 0.129 e. The Hall–Kier alpha value is -1.09. The van der Waals surface area contributed by atoms with E-state index in [0.29, 0.717) is 22.2 Å². The van der Waals surface area contributed by atoms with Crippen LogP contribution in [0.25, 0.3) is 0 Å². The average Bonchev–Trinajstić information content (AvgIpc) is 2.37. The zero-order chi connectivity index (χ0) is 13.8. The zero-order valence-electron chi connectivity index (χ0n) is 10.5. The van der Waals surface area contributed by atoms with E-state index in [9.17, 15) is 4.39 Å². The number of benzene rings is 2. The Morgan fingerprint density at radius 1 is 1.11 bits per heavy atom. The van der Waals surface area contributed by atoms with Gasteiger partial charge in [0.2, 0.25) is 0 Å². The van der Waals surface area contributed by atoms with E-state index in [1.165, 1.54) is 6.07 Å². The molecule has 0 unspecified atom stereocenters. The molecule has 0 heterocycles. The molecule has 0 aliphatic heterocycles. The van der Waals surface area contributed by atoms with Gasteiger partial charge in [-0.25, -0.2) is 4.39 Å². The highest BCUT2D eigenvalue weighted by Crippen LogP contribution is 2.19. The van der Waals surface area contributed by atoms with E-state index in [1.54, 1.807) is 12.1 Å². The Morgan fingerprint density at radius 2 is 1.84 bits per heavy atom. The summed E-state index contributed by atoms with van der Waals surface area (Å²) in [7, 11) is 0. The number of hydrogen-bond donors (Lipinski definition) is 1. The van der Waals surface area contributed by atoms with E-state index in [0.717, 1.165) is 5.56 Å². The van der Waals surface area contributed by atoms with Crippen molar-refractivity contribution in [1.82, 2.24) is 5.32 Å². The van der Waals surface area contributed by atoms with Crippen LogP contribution in [-0.2, 0) is 6.54 Å². The molecule has 0 amide bonds. The topological polar surface area (TPSA) is 12.0 Å². The summed E-state index contributed by atoms with van der Waals surface area (Å²) < 4.78 is 13.6. The van der Waals surface area contributed by atoms with Crippen LogP contribution < -0.4 is 5.32 Å². The molecule has 1 N–H and O–H groups in total. The molecule has 0 saturated heterocycles. The second-order valence-corrected chi connectivity index (χ2v) is 5.27. The highest BCUT2D eigenvalue weighted by atomic mass is 35.5. The number of hydrogen-bond acceptors (Lipinski definition) is 1. The molecule has 0 bridgehead atoms. The van der Waals surface area contributed by atoms with Crippen molar-refractivity contribution in [2.24, 2.45) is 0 Å². The fourth-order valence-electron chi connectivity index (χ4n) is 1.82. The Bertz CT molecular complexity index is 572. The fourth-order valence-corrected chi connectivity index (χ4v) is 2.18. The van der Waals surface area contributed by atoms with E-state index in [-0.39, 0.29) is 11.9 Å². The molecule has 0 aromatic heterocycles. The standard InChI is InChI=1S/C15H14Cl2FN/c1-10(11-3-2-4-13(16)7-11)19-9-12-5-6-14(17)8-15(12)18/h2-8,10,19H,9H2,1H3/t10-/m1/s1. The molecule has 0 spiro atoms. The molecule has 1 atom stereocenters. The van der Waals surface area contributed by atoms with Crippen molar-refractivity contribution in [2.75, 3.05) is 0 Å². The first kappa shape index (κ1) is 14.3. The van der Waals surface area contributed by atoms with Gasteiger partial charge < -0.3 is 5.32 Å². The smallest absolute Gasteiger partial charge is 0.129 e. The van der Waals surface area contributed by atoms with Gasteiger partial charge in [-0.05, 0) is 36.8 Å². The lowest BCUT2D eigenvalue weighted by Gasteiger charge is -2.15. The summed E-state index contributed by atoms with van der Waals surface area (Å²) in [4.78, 5) is 0. The van der Waals surface area contributed by atoms with Gasteiger partial charge in [0.05, 0.1) is 0 Å². The minimum Gasteiger partial charge on any atom is -0.306 e. The van der Waals surface area contributed by atoms with Gasteiger partial charge in [-0.3, -0.25) is 0 Å². The Morgan fingerprint density at radius 3 is 2.53 bits per heavy atom. The van der Waals surface area contributed by atoms with Crippen LogP contribution in [0.4, 0.5) is 4.39 Å². The summed E-state index contributed by atoms with van der Waals surface area (Å²) in [5.74, 6) is -0.293.